The quantitative estimate of drug-likeness (QED) is 0.335. The minimum Gasteiger partial charge on any atom is -0.349 e. The molecule has 4 aromatic rings. The second-order valence-electron chi connectivity index (χ2n) is 9.65. The third-order valence-electron chi connectivity index (χ3n) is 6.58. The van der Waals surface area contributed by atoms with E-state index in [2.05, 4.69) is 20.5 Å². The highest BCUT2D eigenvalue weighted by molar-refractivity contribution is 7.20. The van der Waals surface area contributed by atoms with Gasteiger partial charge in [-0.05, 0) is 70.1 Å². The Morgan fingerprint density at radius 1 is 1.03 bits per heavy atom. The number of anilines is 1. The van der Waals surface area contributed by atoms with Gasteiger partial charge in [0.1, 0.15) is 10.5 Å². The van der Waals surface area contributed by atoms with Crippen molar-refractivity contribution in [2.75, 3.05) is 31.5 Å². The van der Waals surface area contributed by atoms with E-state index in [4.69, 9.17) is 5.10 Å². The largest absolute Gasteiger partial charge is 0.349 e. The predicted octanol–water partition coefficient (Wildman–Crippen LogP) is 5.21. The number of nitrogens with zero attached hydrogens (tertiary/aromatic N) is 4. The Morgan fingerprint density at radius 3 is 2.54 bits per heavy atom. The fourth-order valence-corrected chi connectivity index (χ4v) is 5.50. The number of thiophene rings is 1. The van der Waals surface area contributed by atoms with Gasteiger partial charge in [0.25, 0.3) is 11.8 Å². The van der Waals surface area contributed by atoms with E-state index in [0.717, 1.165) is 41.1 Å². The molecule has 0 spiro atoms. The van der Waals surface area contributed by atoms with Gasteiger partial charge in [0.2, 0.25) is 0 Å². The summed E-state index contributed by atoms with van der Waals surface area (Å²) in [7, 11) is 0. The fraction of sp³-hybridized carbons (Fsp3) is 0.357. The van der Waals surface area contributed by atoms with Gasteiger partial charge in [-0.25, -0.2) is 4.98 Å². The number of amides is 2. The van der Waals surface area contributed by atoms with Crippen LogP contribution in [0.15, 0.2) is 54.7 Å². The minimum atomic E-state index is -0.164. The van der Waals surface area contributed by atoms with Crippen molar-refractivity contribution >= 4 is 39.1 Å². The molecule has 4 heterocycles. The van der Waals surface area contributed by atoms with Crippen molar-refractivity contribution in [1.82, 2.24) is 25.0 Å². The van der Waals surface area contributed by atoms with Crippen LogP contribution in [0.2, 0.25) is 0 Å². The highest BCUT2D eigenvalue weighted by atomic mass is 32.1. The SMILES string of the molecule is CC(C)n1nc(-c2ccc(NC(=O)c3cc4cccnc4s3)cc2)cc1C(=O)NCCN1CCCCC1. The number of benzene rings is 1. The Morgan fingerprint density at radius 2 is 1.81 bits per heavy atom. The normalized spacial score (nSPS) is 14.2. The van der Waals surface area contributed by atoms with Crippen molar-refractivity contribution in [3.05, 3.63) is 65.3 Å². The first-order valence-corrected chi connectivity index (χ1v) is 13.7. The zero-order valence-electron chi connectivity index (χ0n) is 21.2. The van der Waals surface area contributed by atoms with Gasteiger partial charge in [0.05, 0.1) is 10.6 Å². The van der Waals surface area contributed by atoms with E-state index in [1.807, 2.05) is 62.4 Å². The van der Waals surface area contributed by atoms with Crippen LogP contribution < -0.4 is 10.6 Å². The van der Waals surface area contributed by atoms with Crippen LogP contribution in [0.25, 0.3) is 21.5 Å². The average Bonchev–Trinajstić information content (AvgIpc) is 3.55. The number of carbonyl (C=O) groups is 2. The number of likely N-dealkylation sites (tertiary alicyclic amines) is 1. The first-order chi connectivity index (χ1) is 18.0. The molecule has 2 amide bonds. The molecule has 1 fully saturated rings. The number of rotatable bonds is 8. The standard InChI is InChI=1S/C28H32N6O2S/c1-19(2)34-24(26(35)29-13-16-33-14-4-3-5-15-33)18-23(32-34)20-8-10-22(11-9-20)31-27(36)25-17-21-7-6-12-30-28(21)37-25/h6-12,17-19H,3-5,13-16H2,1-2H3,(H,29,35)(H,31,36). The van der Waals surface area contributed by atoms with Crippen LogP contribution in [0.3, 0.4) is 0 Å². The molecule has 9 heteroatoms. The maximum Gasteiger partial charge on any atom is 0.269 e. The van der Waals surface area contributed by atoms with Gasteiger partial charge in [0.15, 0.2) is 0 Å². The second-order valence-corrected chi connectivity index (χ2v) is 10.7. The summed E-state index contributed by atoms with van der Waals surface area (Å²) in [5.74, 6) is -0.269. The van der Waals surface area contributed by atoms with E-state index >= 15 is 0 Å². The van der Waals surface area contributed by atoms with E-state index in [0.29, 0.717) is 22.8 Å². The molecule has 1 saturated heterocycles. The summed E-state index contributed by atoms with van der Waals surface area (Å²) in [5.41, 5.74) is 2.85. The molecular weight excluding hydrogens is 484 g/mol. The molecule has 0 atom stereocenters. The van der Waals surface area contributed by atoms with Crippen molar-refractivity contribution < 1.29 is 9.59 Å². The molecule has 1 aliphatic rings. The Bertz CT molecular complexity index is 1350. The molecule has 192 valence electrons. The highest BCUT2D eigenvalue weighted by Gasteiger charge is 2.19. The molecule has 0 bridgehead atoms. The molecule has 37 heavy (non-hydrogen) atoms. The number of nitrogens with one attached hydrogen (secondary N) is 2. The number of fused-ring (bicyclic) bond motifs is 1. The lowest BCUT2D eigenvalue weighted by molar-refractivity contribution is 0.0933. The van der Waals surface area contributed by atoms with Gasteiger partial charge in [-0.1, -0.05) is 24.6 Å². The summed E-state index contributed by atoms with van der Waals surface area (Å²) >= 11 is 1.37. The number of carbonyl (C=O) groups excluding carboxylic acids is 2. The van der Waals surface area contributed by atoms with Crippen LogP contribution >= 0.6 is 11.3 Å². The van der Waals surface area contributed by atoms with Gasteiger partial charge in [-0.2, -0.15) is 5.10 Å². The molecule has 0 radical (unpaired) electrons. The monoisotopic (exact) mass is 516 g/mol. The molecule has 0 saturated carbocycles. The Balaban J connectivity index is 1.25. The molecule has 1 aromatic carbocycles. The fourth-order valence-electron chi connectivity index (χ4n) is 4.60. The van der Waals surface area contributed by atoms with Crippen molar-refractivity contribution in [3.8, 4) is 11.3 Å². The zero-order chi connectivity index (χ0) is 25.8. The van der Waals surface area contributed by atoms with E-state index in [-0.39, 0.29) is 17.9 Å². The molecule has 5 rings (SSSR count). The second kappa shape index (κ2) is 11.2. The predicted molar refractivity (Wildman–Crippen MR) is 148 cm³/mol. The first-order valence-electron chi connectivity index (χ1n) is 12.8. The maximum atomic E-state index is 13.0. The van der Waals surface area contributed by atoms with Crippen LogP contribution in [-0.2, 0) is 0 Å². The summed E-state index contributed by atoms with van der Waals surface area (Å²) in [6.45, 7) is 7.76. The summed E-state index contributed by atoms with van der Waals surface area (Å²) in [4.78, 5) is 33.9. The molecule has 0 aliphatic carbocycles. The lowest BCUT2D eigenvalue weighted by atomic mass is 10.1. The summed E-state index contributed by atoms with van der Waals surface area (Å²) in [6, 6.07) is 15.1. The van der Waals surface area contributed by atoms with E-state index < -0.39 is 0 Å². The van der Waals surface area contributed by atoms with Gasteiger partial charge >= 0.3 is 0 Å². The molecular formula is C28H32N6O2S. The number of aromatic nitrogens is 3. The van der Waals surface area contributed by atoms with Gasteiger partial charge in [-0.15, -0.1) is 11.3 Å². The van der Waals surface area contributed by atoms with Crippen molar-refractivity contribution in [3.63, 3.8) is 0 Å². The van der Waals surface area contributed by atoms with Gasteiger partial charge in [-0.3, -0.25) is 14.3 Å². The summed E-state index contributed by atoms with van der Waals surface area (Å²) in [5, 5.41) is 11.7. The van der Waals surface area contributed by atoms with Crippen LogP contribution in [0.5, 0.6) is 0 Å². The molecule has 3 aromatic heterocycles. The van der Waals surface area contributed by atoms with Crippen LogP contribution in [-0.4, -0.2) is 57.7 Å². The van der Waals surface area contributed by atoms with Gasteiger partial charge in [0, 0.05) is 42.0 Å². The van der Waals surface area contributed by atoms with Crippen LogP contribution in [0.1, 0.15) is 59.3 Å². The minimum absolute atomic E-state index is 0.0472. The van der Waals surface area contributed by atoms with Crippen molar-refractivity contribution in [1.29, 1.82) is 0 Å². The van der Waals surface area contributed by atoms with Crippen molar-refractivity contribution in [2.45, 2.75) is 39.2 Å². The molecule has 8 nitrogen and oxygen atoms in total. The molecule has 2 N–H and O–H groups in total. The van der Waals surface area contributed by atoms with Crippen molar-refractivity contribution in [2.24, 2.45) is 0 Å². The Labute approximate surface area is 220 Å². The lowest BCUT2D eigenvalue weighted by Crippen LogP contribution is -2.38. The third-order valence-corrected chi connectivity index (χ3v) is 7.63. The Hall–Kier alpha value is -3.56. The topological polar surface area (TPSA) is 92.1 Å². The first kappa shape index (κ1) is 25.1. The number of pyridine rings is 1. The lowest BCUT2D eigenvalue weighted by Gasteiger charge is -2.26. The van der Waals surface area contributed by atoms with E-state index in [1.165, 1.54) is 30.6 Å². The molecule has 0 unspecified atom stereocenters. The van der Waals surface area contributed by atoms with E-state index in [9.17, 15) is 9.59 Å². The third kappa shape index (κ3) is 5.89. The maximum absolute atomic E-state index is 13.0. The summed E-state index contributed by atoms with van der Waals surface area (Å²) < 4.78 is 1.77. The average molecular weight is 517 g/mol. The highest BCUT2D eigenvalue weighted by Crippen LogP contribution is 2.26. The van der Waals surface area contributed by atoms with Gasteiger partial charge < -0.3 is 15.5 Å². The zero-order valence-corrected chi connectivity index (χ0v) is 22.1. The van der Waals surface area contributed by atoms with Crippen LogP contribution in [0, 0.1) is 0 Å². The Kier molecular flexibility index (Phi) is 7.62. The van der Waals surface area contributed by atoms with Crippen LogP contribution in [0.4, 0.5) is 5.69 Å². The number of hydrogen-bond donors (Lipinski definition) is 2. The summed E-state index contributed by atoms with van der Waals surface area (Å²) in [6.07, 6.45) is 5.51. The number of piperidine rings is 1. The molecule has 1 aliphatic heterocycles. The number of hydrogen-bond acceptors (Lipinski definition) is 6. The smallest absolute Gasteiger partial charge is 0.269 e. The van der Waals surface area contributed by atoms with E-state index in [1.54, 1.807) is 10.9 Å².